The minimum Gasteiger partial charge on any atom is -0.345 e. The highest BCUT2D eigenvalue weighted by Gasteiger charge is 2.72. The summed E-state index contributed by atoms with van der Waals surface area (Å²) in [7, 11) is 0. The van der Waals surface area contributed by atoms with Gasteiger partial charge >= 0.3 is 0 Å². The molecule has 0 heterocycles. The number of carbonyl (C=O) groups excluding carboxylic acids is 2. The highest BCUT2D eigenvalue weighted by molar-refractivity contribution is 5.99. The zero-order chi connectivity index (χ0) is 19.3. The van der Waals surface area contributed by atoms with E-state index in [1.807, 2.05) is 67.6 Å². The van der Waals surface area contributed by atoms with Crippen LogP contribution >= 0.6 is 0 Å². The van der Waals surface area contributed by atoms with Crippen LogP contribution in [-0.4, -0.2) is 11.7 Å². The van der Waals surface area contributed by atoms with Crippen LogP contribution in [0.2, 0.25) is 0 Å². The minimum atomic E-state index is -0.610. The quantitative estimate of drug-likeness (QED) is 0.859. The number of rotatable bonds is 4. The first-order valence-electron chi connectivity index (χ1n) is 9.76. The van der Waals surface area contributed by atoms with Crippen LogP contribution in [-0.2, 0) is 9.59 Å². The van der Waals surface area contributed by atoms with E-state index < -0.39 is 5.41 Å². The predicted octanol–water partition coefficient (Wildman–Crippen LogP) is 4.68. The summed E-state index contributed by atoms with van der Waals surface area (Å²) in [6.45, 7) is 6.25. The van der Waals surface area contributed by atoms with E-state index in [1.54, 1.807) is 0 Å². The summed E-state index contributed by atoms with van der Waals surface area (Å²) >= 11 is 0. The Bertz CT molecular complexity index is 834. The summed E-state index contributed by atoms with van der Waals surface area (Å²) < 4.78 is 0. The molecule has 2 aliphatic carbocycles. The van der Waals surface area contributed by atoms with Crippen LogP contribution < -0.4 is 5.32 Å². The molecule has 2 aliphatic rings. The Labute approximate surface area is 161 Å². The first kappa shape index (κ1) is 18.0. The Hall–Kier alpha value is -2.42. The zero-order valence-electron chi connectivity index (χ0n) is 16.3. The third-order valence-electron chi connectivity index (χ3n) is 7.68. The molecule has 27 heavy (non-hydrogen) atoms. The molecule has 1 N–H and O–H groups in total. The van der Waals surface area contributed by atoms with Crippen LogP contribution in [0.4, 0.5) is 0 Å². The molecule has 3 heteroatoms. The van der Waals surface area contributed by atoms with Crippen LogP contribution in [0.15, 0.2) is 60.7 Å². The fraction of sp³-hybridized carbons (Fsp3) is 0.417. The molecule has 2 saturated carbocycles. The lowest BCUT2D eigenvalue weighted by Gasteiger charge is -2.39. The van der Waals surface area contributed by atoms with Gasteiger partial charge in [-0.2, -0.15) is 0 Å². The number of carbonyl (C=O) groups is 2. The first-order valence-corrected chi connectivity index (χ1v) is 9.76. The van der Waals surface area contributed by atoms with Crippen molar-refractivity contribution in [1.29, 1.82) is 0 Å². The second kappa shape index (κ2) is 6.05. The molecule has 0 unspecified atom stereocenters. The first-order chi connectivity index (χ1) is 12.8. The minimum absolute atomic E-state index is 0.0137. The van der Waals surface area contributed by atoms with E-state index in [0.29, 0.717) is 6.42 Å². The second-order valence-electron chi connectivity index (χ2n) is 8.87. The number of hydrogen-bond acceptors (Lipinski definition) is 2. The maximum Gasteiger partial charge on any atom is 0.227 e. The summed E-state index contributed by atoms with van der Waals surface area (Å²) in [5, 5.41) is 3.31. The lowest BCUT2D eigenvalue weighted by atomic mass is 9.64. The third kappa shape index (κ3) is 2.40. The maximum atomic E-state index is 13.6. The molecule has 2 bridgehead atoms. The molecule has 1 amide bonds. The van der Waals surface area contributed by atoms with Gasteiger partial charge in [0.05, 0.1) is 11.5 Å². The van der Waals surface area contributed by atoms with Crippen LogP contribution in [0.3, 0.4) is 0 Å². The number of hydrogen-bond donors (Lipinski definition) is 1. The van der Waals surface area contributed by atoms with E-state index in [1.165, 1.54) is 0 Å². The standard InChI is InChI=1S/C24H27NO2/c1-22(2)23(3)14-15-24(22,16-19(23)26)21(27)25-20(17-10-6-4-7-11-17)18-12-8-5-9-13-18/h4-13,20H,14-16H2,1-3H3,(H,25,27)/t23-,24+/m0/s1. The average Bonchev–Trinajstić information content (AvgIpc) is 2.97. The largest absolute Gasteiger partial charge is 0.345 e. The smallest absolute Gasteiger partial charge is 0.227 e. The summed E-state index contributed by atoms with van der Waals surface area (Å²) in [5.41, 5.74) is 0.770. The number of amides is 1. The topological polar surface area (TPSA) is 46.2 Å². The van der Waals surface area contributed by atoms with Gasteiger partial charge in [0.25, 0.3) is 0 Å². The van der Waals surface area contributed by atoms with Crippen molar-refractivity contribution in [3.8, 4) is 0 Å². The van der Waals surface area contributed by atoms with Crippen LogP contribution in [0, 0.1) is 16.2 Å². The number of nitrogens with one attached hydrogen (secondary N) is 1. The number of benzene rings is 2. The summed E-state index contributed by atoms with van der Waals surface area (Å²) in [6, 6.07) is 19.9. The number of Topliss-reactive ketones (excluding diaryl/α,β-unsaturated/α-hetero) is 1. The molecule has 2 fully saturated rings. The van der Waals surface area contributed by atoms with Gasteiger partial charge < -0.3 is 5.32 Å². The van der Waals surface area contributed by atoms with Crippen molar-refractivity contribution in [3.63, 3.8) is 0 Å². The van der Waals surface area contributed by atoms with Crippen molar-refractivity contribution in [2.24, 2.45) is 16.2 Å². The lowest BCUT2D eigenvalue weighted by molar-refractivity contribution is -0.137. The summed E-state index contributed by atoms with van der Waals surface area (Å²) in [5.74, 6) is 0.254. The molecule has 0 aliphatic heterocycles. The normalized spacial score (nSPS) is 28.5. The number of ketones is 1. The molecule has 2 aromatic rings. The monoisotopic (exact) mass is 361 g/mol. The van der Waals surface area contributed by atoms with Crippen molar-refractivity contribution in [2.45, 2.75) is 46.1 Å². The van der Waals surface area contributed by atoms with Crippen molar-refractivity contribution in [3.05, 3.63) is 71.8 Å². The van der Waals surface area contributed by atoms with Gasteiger partial charge in [0.2, 0.25) is 5.91 Å². The van der Waals surface area contributed by atoms with Gasteiger partial charge in [0.1, 0.15) is 5.78 Å². The maximum absolute atomic E-state index is 13.6. The predicted molar refractivity (Wildman–Crippen MR) is 106 cm³/mol. The van der Waals surface area contributed by atoms with E-state index in [9.17, 15) is 9.59 Å². The van der Waals surface area contributed by atoms with Crippen molar-refractivity contribution < 1.29 is 9.59 Å². The van der Waals surface area contributed by atoms with E-state index in [-0.39, 0.29) is 28.6 Å². The molecule has 4 rings (SSSR count). The van der Waals surface area contributed by atoms with Crippen molar-refractivity contribution >= 4 is 11.7 Å². The van der Waals surface area contributed by atoms with Gasteiger partial charge in [-0.05, 0) is 29.4 Å². The molecular formula is C24H27NO2. The zero-order valence-corrected chi connectivity index (χ0v) is 16.3. The van der Waals surface area contributed by atoms with Crippen LogP contribution in [0.25, 0.3) is 0 Å². The highest BCUT2D eigenvalue weighted by atomic mass is 16.2. The second-order valence-corrected chi connectivity index (χ2v) is 8.87. The molecule has 2 aromatic carbocycles. The van der Waals surface area contributed by atoms with Crippen molar-refractivity contribution in [1.82, 2.24) is 5.32 Å². The Morgan fingerprint density at radius 1 is 0.889 bits per heavy atom. The van der Waals surface area contributed by atoms with Crippen LogP contribution in [0.5, 0.6) is 0 Å². The third-order valence-corrected chi connectivity index (χ3v) is 7.68. The molecular weight excluding hydrogens is 334 g/mol. The molecule has 2 atom stereocenters. The Kier molecular flexibility index (Phi) is 4.03. The Morgan fingerprint density at radius 3 is 1.81 bits per heavy atom. The Balaban J connectivity index is 1.71. The molecule has 3 nitrogen and oxygen atoms in total. The fourth-order valence-electron chi connectivity index (χ4n) is 5.28. The van der Waals surface area contributed by atoms with E-state index in [0.717, 1.165) is 24.0 Å². The van der Waals surface area contributed by atoms with Gasteiger partial charge in [-0.15, -0.1) is 0 Å². The average molecular weight is 361 g/mol. The van der Waals surface area contributed by atoms with E-state index >= 15 is 0 Å². The molecule has 0 saturated heterocycles. The molecule has 0 aromatic heterocycles. The Morgan fingerprint density at radius 2 is 1.41 bits per heavy atom. The van der Waals surface area contributed by atoms with Crippen LogP contribution in [0.1, 0.15) is 57.2 Å². The molecule has 0 radical (unpaired) electrons. The van der Waals surface area contributed by atoms with Gasteiger partial charge in [0.15, 0.2) is 0 Å². The molecule has 0 spiro atoms. The van der Waals surface area contributed by atoms with Gasteiger partial charge in [-0.25, -0.2) is 0 Å². The fourth-order valence-corrected chi connectivity index (χ4v) is 5.28. The van der Waals surface area contributed by atoms with E-state index in [4.69, 9.17) is 0 Å². The highest BCUT2D eigenvalue weighted by Crippen LogP contribution is 2.70. The lowest BCUT2D eigenvalue weighted by Crippen LogP contribution is -2.47. The number of fused-ring (bicyclic) bond motifs is 2. The van der Waals surface area contributed by atoms with E-state index in [2.05, 4.69) is 19.2 Å². The summed E-state index contributed by atoms with van der Waals surface area (Å²) in [4.78, 5) is 26.4. The SMILES string of the molecule is CC1(C)[C@]2(C(=O)NC(c3ccccc3)c3ccccc3)CC[C@@]1(C)C(=O)C2. The molecule has 140 valence electrons. The summed E-state index contributed by atoms with van der Waals surface area (Å²) in [6.07, 6.45) is 1.94. The van der Waals surface area contributed by atoms with Gasteiger partial charge in [-0.1, -0.05) is 81.4 Å². The van der Waals surface area contributed by atoms with Crippen molar-refractivity contribution in [2.75, 3.05) is 0 Å². The van der Waals surface area contributed by atoms with Gasteiger partial charge in [-0.3, -0.25) is 9.59 Å². The van der Waals surface area contributed by atoms with Gasteiger partial charge in [0, 0.05) is 11.8 Å².